The van der Waals surface area contributed by atoms with Gasteiger partial charge in [0.2, 0.25) is 5.91 Å². The second-order valence-electron chi connectivity index (χ2n) is 4.77. The Morgan fingerprint density at radius 2 is 2.42 bits per heavy atom. The highest BCUT2D eigenvalue weighted by Crippen LogP contribution is 2.21. The molecule has 0 aromatic rings. The van der Waals surface area contributed by atoms with Crippen molar-refractivity contribution in [3.05, 3.63) is 0 Å². The minimum atomic E-state index is -0.605. The summed E-state index contributed by atoms with van der Waals surface area (Å²) in [5, 5.41) is 14.4. The molecular weight excluding hydrogens is 250 g/mol. The predicted molar refractivity (Wildman–Crippen MR) is 70.0 cm³/mol. The molecule has 7 heteroatoms. The first-order chi connectivity index (χ1) is 9.08. The van der Waals surface area contributed by atoms with Gasteiger partial charge in [-0.05, 0) is 6.42 Å². The lowest BCUT2D eigenvalue weighted by molar-refractivity contribution is -0.125. The molecule has 0 aromatic heterocycles. The number of nitrogens with one attached hydrogen (secondary N) is 1. The molecule has 7 nitrogen and oxygen atoms in total. The zero-order valence-electron chi connectivity index (χ0n) is 11.5. The number of oxime groups is 1. The van der Waals surface area contributed by atoms with Crippen LogP contribution in [0, 0.1) is 5.92 Å². The largest absolute Gasteiger partial charge is 0.409 e. The fourth-order valence-corrected chi connectivity index (χ4v) is 2.10. The highest BCUT2D eigenvalue weighted by atomic mass is 16.5. The third kappa shape index (κ3) is 4.07. The lowest BCUT2D eigenvalue weighted by Gasteiger charge is -2.27. The molecule has 0 aliphatic carbocycles. The number of nitrogens with two attached hydrogens (primary N) is 1. The second kappa shape index (κ2) is 7.30. The molecule has 1 heterocycles. The van der Waals surface area contributed by atoms with Crippen molar-refractivity contribution in [1.82, 2.24) is 5.32 Å². The number of carbonyl (C=O) groups is 1. The number of amidine groups is 1. The summed E-state index contributed by atoms with van der Waals surface area (Å²) >= 11 is 0. The Bertz CT molecular complexity index is 327. The smallest absolute Gasteiger partial charge is 0.230 e. The van der Waals surface area contributed by atoms with E-state index in [9.17, 15) is 4.79 Å². The maximum Gasteiger partial charge on any atom is 0.230 e. The standard InChI is InChI=1S/C12H23N3O4/c1-3-4-9(10(13)15-17)11(16)14-7-12(18-2)5-6-19-8-12/h9,17H,3-8H2,1-2H3,(H2,13,15)(H,14,16). The van der Waals surface area contributed by atoms with Gasteiger partial charge in [-0.1, -0.05) is 18.5 Å². The molecule has 2 atom stereocenters. The van der Waals surface area contributed by atoms with Gasteiger partial charge in [-0.25, -0.2) is 0 Å². The summed E-state index contributed by atoms with van der Waals surface area (Å²) in [5.74, 6) is -0.916. The molecular formula is C12H23N3O4. The summed E-state index contributed by atoms with van der Waals surface area (Å²) in [5.41, 5.74) is 5.08. The molecule has 0 aromatic carbocycles. The van der Waals surface area contributed by atoms with Crippen LogP contribution in [-0.2, 0) is 14.3 Å². The molecule has 1 amide bonds. The fraction of sp³-hybridized carbons (Fsp3) is 0.833. The average molecular weight is 273 g/mol. The van der Waals surface area contributed by atoms with E-state index < -0.39 is 11.5 Å². The zero-order valence-corrected chi connectivity index (χ0v) is 11.5. The van der Waals surface area contributed by atoms with Crippen molar-refractivity contribution in [3.8, 4) is 0 Å². The van der Waals surface area contributed by atoms with Crippen LogP contribution >= 0.6 is 0 Å². The Morgan fingerprint density at radius 3 is 2.89 bits per heavy atom. The quantitative estimate of drug-likeness (QED) is 0.263. The van der Waals surface area contributed by atoms with E-state index in [1.54, 1.807) is 7.11 Å². The minimum Gasteiger partial charge on any atom is -0.409 e. The van der Waals surface area contributed by atoms with Crippen LogP contribution in [0.2, 0.25) is 0 Å². The molecule has 1 saturated heterocycles. The molecule has 1 fully saturated rings. The van der Waals surface area contributed by atoms with Crippen LogP contribution in [0.1, 0.15) is 26.2 Å². The van der Waals surface area contributed by atoms with Crippen LogP contribution in [-0.4, -0.2) is 49.4 Å². The monoisotopic (exact) mass is 273 g/mol. The highest BCUT2D eigenvalue weighted by molar-refractivity contribution is 6.02. The lowest BCUT2D eigenvalue weighted by Crippen LogP contribution is -2.48. The average Bonchev–Trinajstić information content (AvgIpc) is 2.91. The zero-order chi connectivity index (χ0) is 14.3. The van der Waals surface area contributed by atoms with Gasteiger partial charge in [-0.3, -0.25) is 4.79 Å². The first kappa shape index (κ1) is 15.7. The second-order valence-corrected chi connectivity index (χ2v) is 4.77. The van der Waals surface area contributed by atoms with Gasteiger partial charge in [0, 0.05) is 26.7 Å². The van der Waals surface area contributed by atoms with Crippen molar-refractivity contribution < 1.29 is 19.5 Å². The Labute approximate surface area is 113 Å². The van der Waals surface area contributed by atoms with Crippen LogP contribution < -0.4 is 11.1 Å². The molecule has 0 radical (unpaired) electrons. The van der Waals surface area contributed by atoms with Crippen molar-refractivity contribution in [2.75, 3.05) is 26.9 Å². The highest BCUT2D eigenvalue weighted by Gasteiger charge is 2.36. The van der Waals surface area contributed by atoms with Gasteiger partial charge < -0.3 is 25.7 Å². The van der Waals surface area contributed by atoms with Crippen molar-refractivity contribution in [2.24, 2.45) is 16.8 Å². The van der Waals surface area contributed by atoms with Crippen molar-refractivity contribution in [1.29, 1.82) is 0 Å². The maximum absolute atomic E-state index is 12.1. The molecule has 1 rings (SSSR count). The van der Waals surface area contributed by atoms with E-state index >= 15 is 0 Å². The number of methoxy groups -OCH3 is 1. The van der Waals surface area contributed by atoms with Crippen molar-refractivity contribution in [3.63, 3.8) is 0 Å². The molecule has 0 bridgehead atoms. The minimum absolute atomic E-state index is 0.0616. The normalized spacial score (nSPS) is 25.3. The summed E-state index contributed by atoms with van der Waals surface area (Å²) < 4.78 is 10.7. The van der Waals surface area contributed by atoms with E-state index in [1.807, 2.05) is 6.92 Å². The van der Waals surface area contributed by atoms with E-state index in [0.29, 0.717) is 26.2 Å². The van der Waals surface area contributed by atoms with Gasteiger partial charge in [0.25, 0.3) is 0 Å². The Kier molecular flexibility index (Phi) is 6.04. The van der Waals surface area contributed by atoms with Crippen LogP contribution in [0.4, 0.5) is 0 Å². The lowest BCUT2D eigenvalue weighted by atomic mass is 9.99. The number of rotatable bonds is 7. The molecule has 0 spiro atoms. The van der Waals surface area contributed by atoms with Crippen LogP contribution in [0.5, 0.6) is 0 Å². The Hall–Kier alpha value is -1.34. The molecule has 0 saturated carbocycles. The van der Waals surface area contributed by atoms with Crippen molar-refractivity contribution >= 4 is 11.7 Å². The first-order valence-electron chi connectivity index (χ1n) is 6.46. The van der Waals surface area contributed by atoms with E-state index in [2.05, 4.69) is 10.5 Å². The first-order valence-corrected chi connectivity index (χ1v) is 6.46. The number of ether oxygens (including phenoxy) is 2. The number of carbonyl (C=O) groups excluding carboxylic acids is 1. The van der Waals surface area contributed by atoms with Crippen LogP contribution in [0.3, 0.4) is 0 Å². The molecule has 1 aliphatic heterocycles. The van der Waals surface area contributed by atoms with Crippen molar-refractivity contribution in [2.45, 2.75) is 31.8 Å². The van der Waals surface area contributed by atoms with Gasteiger partial charge in [0.15, 0.2) is 5.84 Å². The van der Waals surface area contributed by atoms with E-state index in [0.717, 1.165) is 12.8 Å². The Balaban J connectivity index is 2.56. The molecule has 19 heavy (non-hydrogen) atoms. The van der Waals surface area contributed by atoms with E-state index in [1.165, 1.54) is 0 Å². The molecule has 2 unspecified atom stereocenters. The predicted octanol–water partition coefficient (Wildman–Crippen LogP) is 0.0708. The third-order valence-electron chi connectivity index (χ3n) is 3.45. The summed E-state index contributed by atoms with van der Waals surface area (Å²) in [6.45, 7) is 3.39. The molecule has 4 N–H and O–H groups in total. The number of hydrogen-bond donors (Lipinski definition) is 3. The summed E-state index contributed by atoms with van der Waals surface area (Å²) in [4.78, 5) is 12.1. The number of hydrogen-bond acceptors (Lipinski definition) is 5. The van der Waals surface area contributed by atoms with Crippen LogP contribution in [0.25, 0.3) is 0 Å². The summed E-state index contributed by atoms with van der Waals surface area (Å²) in [6, 6.07) is 0. The Morgan fingerprint density at radius 1 is 1.68 bits per heavy atom. The van der Waals surface area contributed by atoms with E-state index in [-0.39, 0.29) is 11.7 Å². The number of nitrogens with zero attached hydrogens (tertiary/aromatic N) is 1. The van der Waals surface area contributed by atoms with Gasteiger partial charge in [0.1, 0.15) is 5.60 Å². The molecule has 1 aliphatic rings. The number of amides is 1. The van der Waals surface area contributed by atoms with Gasteiger partial charge in [-0.15, -0.1) is 0 Å². The van der Waals surface area contributed by atoms with E-state index in [4.69, 9.17) is 20.4 Å². The maximum atomic E-state index is 12.1. The van der Waals surface area contributed by atoms with Gasteiger partial charge in [0.05, 0.1) is 12.5 Å². The fourth-order valence-electron chi connectivity index (χ4n) is 2.10. The molecule has 110 valence electrons. The third-order valence-corrected chi connectivity index (χ3v) is 3.45. The van der Waals surface area contributed by atoms with Gasteiger partial charge in [-0.2, -0.15) is 0 Å². The van der Waals surface area contributed by atoms with Crippen LogP contribution in [0.15, 0.2) is 5.16 Å². The topological polar surface area (TPSA) is 106 Å². The summed E-state index contributed by atoms with van der Waals surface area (Å²) in [7, 11) is 1.61. The SMILES string of the molecule is CCCC(C(=O)NCC1(OC)CCOC1)C(N)=NO. The summed E-state index contributed by atoms with van der Waals surface area (Å²) in [6.07, 6.45) is 2.05. The van der Waals surface area contributed by atoms with Gasteiger partial charge >= 0.3 is 0 Å².